The zero-order valence-corrected chi connectivity index (χ0v) is 68.9. The molecule has 27 rings (SSSR count). The molecule has 27 aromatic rings. The highest BCUT2D eigenvalue weighted by atomic mass is 32.1. The van der Waals surface area contributed by atoms with Crippen molar-refractivity contribution in [3.8, 4) is 86.2 Å². The molecule has 0 saturated carbocycles. The lowest BCUT2D eigenvalue weighted by Gasteiger charge is -2.11. The summed E-state index contributed by atoms with van der Waals surface area (Å²) in [5.41, 5.74) is 15.8. The van der Waals surface area contributed by atoms with Gasteiger partial charge in [-0.25, -0.2) is 34.9 Å². The van der Waals surface area contributed by atoms with Gasteiger partial charge >= 0.3 is 0 Å². The lowest BCUT2D eigenvalue weighted by Crippen LogP contribution is -2.06. The third-order valence-corrected chi connectivity index (χ3v) is 26.9. The van der Waals surface area contributed by atoms with E-state index in [2.05, 4.69) is 184 Å². The van der Waals surface area contributed by atoms with Gasteiger partial charge in [-0.3, -0.25) is 23.7 Å². The molecular weight excluding hydrogens is 1610 g/mol. The van der Waals surface area contributed by atoms with Gasteiger partial charge in [0.15, 0.2) is 34.9 Å². The second-order valence-corrected chi connectivity index (χ2v) is 33.7. The van der Waals surface area contributed by atoms with E-state index in [1.54, 1.807) is 59.1 Å². The lowest BCUT2D eigenvalue weighted by molar-refractivity contribution is 0.955. The molecule has 588 valence electrons. The summed E-state index contributed by atoms with van der Waals surface area (Å²) in [6.07, 6.45) is 10.5. The van der Waals surface area contributed by atoms with Gasteiger partial charge in [-0.1, -0.05) is 273 Å². The van der Waals surface area contributed by atoms with Crippen molar-refractivity contribution in [1.29, 1.82) is 0 Å². The number of benzene rings is 15. The number of hydrogen-bond acceptors (Lipinski definition) is 18. The molecule has 0 spiro atoms. The Balaban J connectivity index is 0.000000103. The average molecular weight is 1670 g/mol. The van der Waals surface area contributed by atoms with Gasteiger partial charge < -0.3 is 0 Å². The number of fused-ring (bicyclic) bond motifs is 27. The number of para-hydroxylation sites is 3. The Morgan fingerprint density at radius 2 is 0.532 bits per heavy atom. The fourth-order valence-corrected chi connectivity index (χ4v) is 21.5. The number of hydrogen-bond donors (Lipinski definition) is 0. The fraction of sp³-hybridized carbons (Fsp3) is 0. The highest BCUT2D eigenvalue weighted by Crippen LogP contribution is 2.49. The summed E-state index contributed by atoms with van der Waals surface area (Å²) < 4.78 is 13.7. The molecule has 0 bridgehead atoms. The van der Waals surface area contributed by atoms with Crippen LogP contribution >= 0.6 is 34.0 Å². The van der Waals surface area contributed by atoms with Crippen LogP contribution in [0.1, 0.15) is 0 Å². The zero-order valence-electron chi connectivity index (χ0n) is 66.4. The molecule has 21 heteroatoms. The molecule has 15 aromatic carbocycles. The summed E-state index contributed by atoms with van der Waals surface area (Å²) in [7, 11) is 0. The monoisotopic (exact) mass is 1670 g/mol. The minimum atomic E-state index is 0.587. The van der Waals surface area contributed by atoms with Crippen molar-refractivity contribution in [2.24, 2.45) is 0 Å². The van der Waals surface area contributed by atoms with Crippen molar-refractivity contribution in [1.82, 2.24) is 88.5 Å². The quantitative estimate of drug-likeness (QED) is 0.132. The summed E-state index contributed by atoms with van der Waals surface area (Å²) in [5, 5.41) is 16.0. The van der Waals surface area contributed by atoms with E-state index >= 15 is 0 Å². The summed E-state index contributed by atoms with van der Waals surface area (Å²) in [4.78, 5) is 72.5. The van der Waals surface area contributed by atoms with E-state index < -0.39 is 0 Å². The van der Waals surface area contributed by atoms with Crippen LogP contribution in [-0.2, 0) is 0 Å². The first-order chi connectivity index (χ1) is 62.5. The SMILES string of the molecule is c1ccc(-c2nc(-c3ccccc3)nc(-n3c4ccccc4c4ccc5c(sc6ccc7cncnc7c65)c43)n2)cc1.c1ccc(-c2nc(-c3ccccc3)nc(-n3c4ccccc4c4ccc5c(sc6ccc7nccnc7c65)c43)n2)cc1.c1ccc(-c2nc(-c3ccccc3)nc(-n3c4ccccc4c4ccc5c(sc6ccc7ncncc7c65)c43)n2)cc1. The molecule has 12 aromatic heterocycles. The van der Waals surface area contributed by atoms with Crippen LogP contribution in [0.25, 0.3) is 245 Å². The van der Waals surface area contributed by atoms with Crippen molar-refractivity contribution in [3.63, 3.8) is 0 Å². The van der Waals surface area contributed by atoms with Gasteiger partial charge in [0.25, 0.3) is 0 Å². The normalized spacial score (nSPS) is 11.8. The number of aromatic nitrogens is 18. The van der Waals surface area contributed by atoms with Gasteiger partial charge in [-0.15, -0.1) is 34.0 Å². The predicted molar refractivity (Wildman–Crippen MR) is 513 cm³/mol. The molecule has 0 aliphatic rings. The van der Waals surface area contributed by atoms with Crippen LogP contribution in [0.4, 0.5) is 0 Å². The van der Waals surface area contributed by atoms with Crippen LogP contribution in [0.2, 0.25) is 0 Å². The molecule has 0 aliphatic heterocycles. The fourth-order valence-electron chi connectivity index (χ4n) is 17.8. The molecule has 0 radical (unpaired) electrons. The summed E-state index contributed by atoms with van der Waals surface area (Å²) in [6, 6.07) is 112. The molecule has 0 N–H and O–H groups in total. The maximum absolute atomic E-state index is 5.11. The third-order valence-electron chi connectivity index (χ3n) is 23.4. The van der Waals surface area contributed by atoms with Gasteiger partial charge in [0.05, 0.1) is 69.3 Å². The van der Waals surface area contributed by atoms with E-state index in [9.17, 15) is 0 Å². The van der Waals surface area contributed by atoms with E-state index in [1.165, 1.54) is 39.0 Å². The summed E-state index contributed by atoms with van der Waals surface area (Å²) >= 11 is 5.33. The minimum absolute atomic E-state index is 0.587. The van der Waals surface area contributed by atoms with Crippen molar-refractivity contribution in [3.05, 3.63) is 365 Å². The second kappa shape index (κ2) is 29.6. The van der Waals surface area contributed by atoms with E-state index in [0.717, 1.165) is 153 Å². The standard InChI is InChI=1S/3C35H20N6S/c1-3-9-21(10-4-1)33-38-34(22-11-5-2-6-12-22)40-35(39-33)41-27-14-8-7-13-24(27)25-16-17-26-29-28(42-32(26)31(25)41)18-15-23-19-36-20-37-30(23)29;1-3-9-21(10-4-1)33-38-34(22-11-5-2-6-12-22)40-35(39-33)41-28-14-8-7-13-23(28)24-15-16-25-30-26-19-36-20-37-27(26)17-18-29(30)42-32(25)31(24)41;1-3-9-21(10-4-1)33-38-34(22-11-5-2-6-12-22)40-35(39-33)41-27-14-8-7-13-23(27)24-15-16-25-29-28(42-32(25)31(24)41)18-17-26-30(29)37-20-19-36-26/h3*1-20H. The van der Waals surface area contributed by atoms with Crippen molar-refractivity contribution < 1.29 is 0 Å². The van der Waals surface area contributed by atoms with Crippen LogP contribution in [0.5, 0.6) is 0 Å². The maximum Gasteiger partial charge on any atom is 0.238 e. The van der Waals surface area contributed by atoms with E-state index in [-0.39, 0.29) is 0 Å². The first-order valence-corrected chi connectivity index (χ1v) is 43.5. The van der Waals surface area contributed by atoms with Gasteiger partial charge in [0.2, 0.25) is 17.8 Å². The molecule has 18 nitrogen and oxygen atoms in total. The van der Waals surface area contributed by atoms with Crippen molar-refractivity contribution in [2.75, 3.05) is 0 Å². The highest BCUT2D eigenvalue weighted by Gasteiger charge is 2.27. The molecule has 0 atom stereocenters. The minimum Gasteiger partial charge on any atom is -0.276 e. The molecule has 0 saturated heterocycles. The first kappa shape index (κ1) is 72.2. The number of thiophene rings is 3. The molecule has 0 aliphatic carbocycles. The summed E-state index contributed by atoms with van der Waals surface area (Å²) in [5.74, 6) is 5.58. The molecule has 0 unspecified atom stereocenters. The van der Waals surface area contributed by atoms with E-state index in [4.69, 9.17) is 49.8 Å². The van der Waals surface area contributed by atoms with Gasteiger partial charge in [0, 0.05) is 148 Å². The smallest absolute Gasteiger partial charge is 0.238 e. The zero-order chi connectivity index (χ0) is 82.9. The van der Waals surface area contributed by atoms with Gasteiger partial charge in [-0.2, -0.15) is 29.9 Å². The molecule has 0 fully saturated rings. The molecule has 126 heavy (non-hydrogen) atoms. The Morgan fingerprint density at radius 3 is 0.937 bits per heavy atom. The Labute approximate surface area is 727 Å². The first-order valence-electron chi connectivity index (χ1n) is 41.0. The molecule has 12 heterocycles. The van der Waals surface area contributed by atoms with Crippen LogP contribution < -0.4 is 0 Å². The number of rotatable bonds is 9. The van der Waals surface area contributed by atoms with Crippen LogP contribution in [0.15, 0.2) is 365 Å². The van der Waals surface area contributed by atoms with Gasteiger partial charge in [-0.05, 0) is 54.6 Å². The Bertz CT molecular complexity index is 8050. The number of nitrogens with zero attached hydrogens (tertiary/aromatic N) is 18. The van der Waals surface area contributed by atoms with Crippen molar-refractivity contribution >= 4 is 193 Å². The Hall–Kier alpha value is -16.6. The highest BCUT2D eigenvalue weighted by molar-refractivity contribution is 7.27. The van der Waals surface area contributed by atoms with Crippen LogP contribution in [0, 0.1) is 0 Å². The van der Waals surface area contributed by atoms with Crippen LogP contribution in [-0.4, -0.2) is 88.5 Å². The van der Waals surface area contributed by atoms with E-state index in [0.29, 0.717) is 52.8 Å². The second-order valence-electron chi connectivity index (χ2n) is 30.6. The maximum atomic E-state index is 5.11. The van der Waals surface area contributed by atoms with Crippen LogP contribution in [0.3, 0.4) is 0 Å². The third kappa shape index (κ3) is 11.9. The Morgan fingerprint density at radius 1 is 0.214 bits per heavy atom. The topological polar surface area (TPSA) is 208 Å². The average Bonchev–Trinajstić information content (AvgIpc) is 1.56. The summed E-state index contributed by atoms with van der Waals surface area (Å²) in [6.45, 7) is 0. The molecule has 0 amide bonds. The molecular formula is C105H60N18S3. The van der Waals surface area contributed by atoms with E-state index in [1.807, 2.05) is 194 Å². The van der Waals surface area contributed by atoms with Gasteiger partial charge in [0.1, 0.15) is 12.7 Å². The predicted octanol–water partition coefficient (Wildman–Crippen LogP) is 25.8. The lowest BCUT2D eigenvalue weighted by atomic mass is 10.1. The Kier molecular flexibility index (Phi) is 17.0. The largest absolute Gasteiger partial charge is 0.276 e. The van der Waals surface area contributed by atoms with Crippen molar-refractivity contribution in [2.45, 2.75) is 0 Å².